The summed E-state index contributed by atoms with van der Waals surface area (Å²) in [7, 11) is 0. The van der Waals surface area contributed by atoms with Gasteiger partial charge in [0.25, 0.3) is 5.91 Å². The third-order valence-electron chi connectivity index (χ3n) is 6.71. The third kappa shape index (κ3) is 3.87. The van der Waals surface area contributed by atoms with Crippen LogP contribution in [0.3, 0.4) is 0 Å². The van der Waals surface area contributed by atoms with E-state index >= 15 is 0 Å². The summed E-state index contributed by atoms with van der Waals surface area (Å²) < 4.78 is 11.4. The van der Waals surface area contributed by atoms with E-state index in [4.69, 9.17) is 9.26 Å². The molecule has 0 unspecified atom stereocenters. The summed E-state index contributed by atoms with van der Waals surface area (Å²) >= 11 is 0. The number of aryl methyl sites for hydroxylation is 1. The molecule has 2 aromatic rings. The summed E-state index contributed by atoms with van der Waals surface area (Å²) in [5.74, 6) is 2.16. The van der Waals surface area contributed by atoms with Crippen LogP contribution in [0, 0.1) is 5.92 Å². The molecule has 0 atom stereocenters. The third-order valence-corrected chi connectivity index (χ3v) is 6.71. The first kappa shape index (κ1) is 18.6. The standard InChI is InChI=1S/C22H28N4O3/c27-22(21-17-6-1-2-7-18(17)25-29-21)26-10-8-15(9-11-26)13-28-20-12-19(23-14-24-20)16-4-3-5-16/h12,14-16H,1-11,13H2. The molecule has 2 aromatic heterocycles. The number of piperidine rings is 1. The monoisotopic (exact) mass is 396 g/mol. The molecule has 0 radical (unpaired) electrons. The molecular weight excluding hydrogens is 368 g/mol. The summed E-state index contributed by atoms with van der Waals surface area (Å²) in [4.78, 5) is 23.5. The number of aromatic nitrogens is 3. The zero-order chi connectivity index (χ0) is 19.6. The van der Waals surface area contributed by atoms with Crippen LogP contribution in [-0.4, -0.2) is 45.6 Å². The van der Waals surface area contributed by atoms with Gasteiger partial charge in [0.1, 0.15) is 6.33 Å². The van der Waals surface area contributed by atoms with Crippen LogP contribution in [0.4, 0.5) is 0 Å². The molecule has 1 amide bonds. The maximum Gasteiger partial charge on any atom is 0.292 e. The van der Waals surface area contributed by atoms with Crippen molar-refractivity contribution in [2.24, 2.45) is 5.92 Å². The van der Waals surface area contributed by atoms with Gasteiger partial charge in [-0.1, -0.05) is 11.6 Å². The average molecular weight is 396 g/mol. The van der Waals surface area contributed by atoms with Crippen LogP contribution in [0.2, 0.25) is 0 Å². The number of carbonyl (C=O) groups is 1. The van der Waals surface area contributed by atoms with E-state index in [1.807, 2.05) is 11.0 Å². The molecule has 0 N–H and O–H groups in total. The molecule has 7 nitrogen and oxygen atoms in total. The van der Waals surface area contributed by atoms with Crippen LogP contribution in [-0.2, 0) is 12.8 Å². The van der Waals surface area contributed by atoms with Crippen molar-refractivity contribution in [1.82, 2.24) is 20.0 Å². The van der Waals surface area contributed by atoms with E-state index in [2.05, 4.69) is 15.1 Å². The first-order valence-electron chi connectivity index (χ1n) is 11.0. The fraction of sp³-hybridized carbons (Fsp3) is 0.636. The number of hydrogen-bond donors (Lipinski definition) is 0. The van der Waals surface area contributed by atoms with E-state index in [0.29, 0.717) is 30.1 Å². The number of likely N-dealkylation sites (tertiary alicyclic amines) is 1. The van der Waals surface area contributed by atoms with Gasteiger partial charge in [-0.25, -0.2) is 9.97 Å². The van der Waals surface area contributed by atoms with Crippen LogP contribution in [0.25, 0.3) is 0 Å². The SMILES string of the molecule is O=C(c1onc2c1CCCC2)N1CCC(COc2cc(C3CCC3)ncn2)CC1. The van der Waals surface area contributed by atoms with Gasteiger partial charge < -0.3 is 14.2 Å². The lowest BCUT2D eigenvalue weighted by molar-refractivity contribution is 0.0617. The quantitative estimate of drug-likeness (QED) is 0.769. The molecule has 5 rings (SSSR count). The van der Waals surface area contributed by atoms with E-state index in [1.54, 1.807) is 6.33 Å². The van der Waals surface area contributed by atoms with Crippen LogP contribution in [0.5, 0.6) is 5.88 Å². The zero-order valence-corrected chi connectivity index (χ0v) is 16.8. The van der Waals surface area contributed by atoms with Gasteiger partial charge in [-0.2, -0.15) is 0 Å². The molecule has 0 bridgehead atoms. The average Bonchev–Trinajstić information content (AvgIpc) is 3.15. The molecule has 1 saturated heterocycles. The van der Waals surface area contributed by atoms with Crippen molar-refractivity contribution in [2.75, 3.05) is 19.7 Å². The molecule has 0 spiro atoms. The number of ether oxygens (including phenoxy) is 1. The van der Waals surface area contributed by atoms with Gasteiger partial charge in [-0.05, 0) is 57.3 Å². The number of hydrogen-bond acceptors (Lipinski definition) is 6. The van der Waals surface area contributed by atoms with Crippen LogP contribution in [0.1, 0.15) is 78.4 Å². The number of rotatable bonds is 5. The van der Waals surface area contributed by atoms with Crippen molar-refractivity contribution in [2.45, 2.75) is 63.7 Å². The Morgan fingerprint density at radius 3 is 2.72 bits per heavy atom. The van der Waals surface area contributed by atoms with Gasteiger partial charge in [0, 0.05) is 30.6 Å². The molecule has 3 aliphatic rings. The minimum atomic E-state index is 0.000888. The molecule has 1 aliphatic heterocycles. The minimum absolute atomic E-state index is 0.000888. The molecule has 7 heteroatoms. The lowest BCUT2D eigenvalue weighted by atomic mass is 9.83. The summed E-state index contributed by atoms with van der Waals surface area (Å²) in [6, 6.07) is 2.00. The number of nitrogens with zero attached hydrogens (tertiary/aromatic N) is 4. The lowest BCUT2D eigenvalue weighted by Crippen LogP contribution is -2.40. The number of fused-ring (bicyclic) bond motifs is 1. The van der Waals surface area contributed by atoms with E-state index in [0.717, 1.165) is 68.6 Å². The van der Waals surface area contributed by atoms with Crippen molar-refractivity contribution in [3.8, 4) is 5.88 Å². The smallest absolute Gasteiger partial charge is 0.292 e. The number of carbonyl (C=O) groups excluding carboxylic acids is 1. The second-order valence-electron chi connectivity index (χ2n) is 8.60. The van der Waals surface area contributed by atoms with Crippen molar-refractivity contribution in [3.63, 3.8) is 0 Å². The molecule has 29 heavy (non-hydrogen) atoms. The predicted octanol–water partition coefficient (Wildman–Crippen LogP) is 3.54. The van der Waals surface area contributed by atoms with Gasteiger partial charge in [-0.3, -0.25) is 4.79 Å². The predicted molar refractivity (Wildman–Crippen MR) is 106 cm³/mol. The van der Waals surface area contributed by atoms with Gasteiger partial charge in [0.15, 0.2) is 0 Å². The van der Waals surface area contributed by atoms with Crippen LogP contribution >= 0.6 is 0 Å². The second-order valence-corrected chi connectivity index (χ2v) is 8.60. The first-order valence-corrected chi connectivity index (χ1v) is 11.0. The Labute approximate surface area is 170 Å². The van der Waals surface area contributed by atoms with Gasteiger partial charge in [0.05, 0.1) is 18.0 Å². The lowest BCUT2D eigenvalue weighted by Gasteiger charge is -2.31. The summed E-state index contributed by atoms with van der Waals surface area (Å²) in [5.41, 5.74) is 3.13. The number of amides is 1. The van der Waals surface area contributed by atoms with Gasteiger partial charge in [-0.15, -0.1) is 0 Å². The Morgan fingerprint density at radius 1 is 1.10 bits per heavy atom. The fourth-order valence-electron chi connectivity index (χ4n) is 4.57. The first-order chi connectivity index (χ1) is 14.3. The Balaban J connectivity index is 1.13. The van der Waals surface area contributed by atoms with E-state index in [9.17, 15) is 4.79 Å². The summed E-state index contributed by atoms with van der Waals surface area (Å²) in [5, 5.41) is 4.13. The van der Waals surface area contributed by atoms with Gasteiger partial charge >= 0.3 is 0 Å². The Hall–Kier alpha value is -2.44. The molecule has 1 saturated carbocycles. The molecule has 2 fully saturated rings. The van der Waals surface area contributed by atoms with Gasteiger partial charge in [0.2, 0.25) is 11.6 Å². The van der Waals surface area contributed by atoms with E-state index < -0.39 is 0 Å². The van der Waals surface area contributed by atoms with Crippen molar-refractivity contribution in [3.05, 3.63) is 35.1 Å². The highest BCUT2D eigenvalue weighted by Gasteiger charge is 2.30. The topological polar surface area (TPSA) is 81.4 Å². The molecule has 3 heterocycles. The van der Waals surface area contributed by atoms with Crippen LogP contribution < -0.4 is 4.74 Å². The van der Waals surface area contributed by atoms with E-state index in [1.165, 1.54) is 19.3 Å². The Kier molecular flexibility index (Phi) is 5.21. The minimum Gasteiger partial charge on any atom is -0.477 e. The highest BCUT2D eigenvalue weighted by atomic mass is 16.5. The van der Waals surface area contributed by atoms with Crippen molar-refractivity contribution >= 4 is 5.91 Å². The van der Waals surface area contributed by atoms with Crippen LogP contribution in [0.15, 0.2) is 16.9 Å². The normalized spacial score (nSPS) is 20.2. The Bertz CT molecular complexity index is 869. The molecule has 0 aromatic carbocycles. The summed E-state index contributed by atoms with van der Waals surface area (Å²) in [6.45, 7) is 2.11. The molecule has 2 aliphatic carbocycles. The maximum atomic E-state index is 12.9. The summed E-state index contributed by atoms with van der Waals surface area (Å²) in [6.07, 6.45) is 11.3. The van der Waals surface area contributed by atoms with E-state index in [-0.39, 0.29) is 5.91 Å². The highest BCUT2D eigenvalue weighted by molar-refractivity contribution is 5.93. The largest absolute Gasteiger partial charge is 0.477 e. The maximum absolute atomic E-state index is 12.9. The molecular formula is C22H28N4O3. The highest BCUT2D eigenvalue weighted by Crippen LogP contribution is 2.35. The Morgan fingerprint density at radius 2 is 1.93 bits per heavy atom. The fourth-order valence-corrected chi connectivity index (χ4v) is 4.57. The zero-order valence-electron chi connectivity index (χ0n) is 16.8. The second kappa shape index (κ2) is 8.13. The molecule has 154 valence electrons. The van der Waals surface area contributed by atoms with Crippen molar-refractivity contribution < 1.29 is 14.1 Å². The van der Waals surface area contributed by atoms with Crippen molar-refractivity contribution in [1.29, 1.82) is 0 Å².